The molecule has 0 aliphatic heterocycles. The number of ether oxygens (including phenoxy) is 1. The molecule has 2 N–H and O–H groups in total. The molecule has 0 aliphatic carbocycles. The zero-order valence-corrected chi connectivity index (χ0v) is 15.5. The van der Waals surface area contributed by atoms with E-state index in [2.05, 4.69) is 36.5 Å². The van der Waals surface area contributed by atoms with Crippen LogP contribution in [-0.4, -0.2) is 30.2 Å². The second-order valence-electron chi connectivity index (χ2n) is 5.38. The van der Waals surface area contributed by atoms with Gasteiger partial charge in [-0.1, -0.05) is 46.3 Å². The molecule has 5 nitrogen and oxygen atoms in total. The van der Waals surface area contributed by atoms with Crippen LogP contribution in [0.1, 0.15) is 0 Å². The first-order chi connectivity index (χ1) is 12.2. The van der Waals surface area contributed by atoms with Gasteiger partial charge in [0.25, 0.3) is 0 Å². The molecule has 0 atom stereocenters. The second kappa shape index (κ2) is 8.60. The molecule has 2 aromatic carbocycles. The lowest BCUT2D eigenvalue weighted by atomic mass is 10.1. The van der Waals surface area contributed by atoms with Crippen LogP contribution in [0, 0.1) is 0 Å². The number of nitrogens with one attached hydrogen (secondary N) is 2. The lowest BCUT2D eigenvalue weighted by Gasteiger charge is -2.11. The third kappa shape index (κ3) is 5.01. The van der Waals surface area contributed by atoms with Crippen molar-refractivity contribution in [2.45, 2.75) is 0 Å². The first-order valence-electron chi connectivity index (χ1n) is 7.94. The summed E-state index contributed by atoms with van der Waals surface area (Å²) in [6.45, 7) is 1.29. The average Bonchev–Trinajstić information content (AvgIpc) is 2.64. The van der Waals surface area contributed by atoms with Crippen LogP contribution in [0.4, 0.5) is 17.5 Å². The smallest absolute Gasteiger partial charge is 0.229 e. The summed E-state index contributed by atoms with van der Waals surface area (Å²) >= 11 is 3.44. The van der Waals surface area contributed by atoms with Crippen LogP contribution < -0.4 is 10.6 Å². The number of nitrogens with zero attached hydrogens (tertiary/aromatic N) is 2. The van der Waals surface area contributed by atoms with Crippen LogP contribution in [0.2, 0.25) is 0 Å². The molecule has 25 heavy (non-hydrogen) atoms. The first kappa shape index (κ1) is 17.4. The van der Waals surface area contributed by atoms with Crippen molar-refractivity contribution in [2.24, 2.45) is 0 Å². The molecule has 0 saturated carbocycles. The summed E-state index contributed by atoms with van der Waals surface area (Å²) in [5.41, 5.74) is 2.82. The molecule has 3 rings (SSSR count). The first-order valence-corrected chi connectivity index (χ1v) is 8.74. The largest absolute Gasteiger partial charge is 0.383 e. The minimum Gasteiger partial charge on any atom is -0.383 e. The SMILES string of the molecule is COCCNc1cc(-c2ccccc2)nc(Nc2ccc(Br)cc2)n1. The third-order valence-electron chi connectivity index (χ3n) is 3.51. The van der Waals surface area contributed by atoms with Crippen LogP contribution in [0.3, 0.4) is 0 Å². The Labute approximate surface area is 155 Å². The van der Waals surface area contributed by atoms with Crippen molar-refractivity contribution in [3.05, 3.63) is 65.1 Å². The highest BCUT2D eigenvalue weighted by molar-refractivity contribution is 9.10. The topological polar surface area (TPSA) is 59.1 Å². The standard InChI is InChI=1S/C19H19BrN4O/c1-25-12-11-21-18-13-17(14-5-3-2-4-6-14)23-19(24-18)22-16-9-7-15(20)8-10-16/h2-10,13H,11-12H2,1H3,(H2,21,22,23,24). The molecule has 0 spiro atoms. The molecular formula is C19H19BrN4O. The zero-order valence-electron chi connectivity index (χ0n) is 13.9. The van der Waals surface area contributed by atoms with E-state index in [4.69, 9.17) is 4.74 Å². The van der Waals surface area contributed by atoms with Crippen LogP contribution in [0.15, 0.2) is 65.1 Å². The van der Waals surface area contributed by atoms with Gasteiger partial charge >= 0.3 is 0 Å². The van der Waals surface area contributed by atoms with Gasteiger partial charge in [-0.15, -0.1) is 0 Å². The highest BCUT2D eigenvalue weighted by Gasteiger charge is 2.07. The minimum absolute atomic E-state index is 0.545. The van der Waals surface area contributed by atoms with Crippen LogP contribution in [-0.2, 0) is 4.74 Å². The summed E-state index contributed by atoms with van der Waals surface area (Å²) in [5, 5.41) is 6.53. The number of anilines is 3. The maximum absolute atomic E-state index is 5.09. The Bertz CT molecular complexity index is 809. The van der Waals surface area contributed by atoms with E-state index in [1.54, 1.807) is 7.11 Å². The molecule has 0 unspecified atom stereocenters. The van der Waals surface area contributed by atoms with E-state index in [1.807, 2.05) is 60.7 Å². The lowest BCUT2D eigenvalue weighted by Crippen LogP contribution is -2.10. The van der Waals surface area contributed by atoms with E-state index in [-0.39, 0.29) is 0 Å². The van der Waals surface area contributed by atoms with Gasteiger partial charge in [0, 0.05) is 35.4 Å². The number of halogens is 1. The van der Waals surface area contributed by atoms with Gasteiger partial charge in [0.15, 0.2) is 0 Å². The minimum atomic E-state index is 0.545. The van der Waals surface area contributed by atoms with Gasteiger partial charge in [-0.2, -0.15) is 4.98 Å². The molecule has 0 saturated heterocycles. The number of benzene rings is 2. The van der Waals surface area contributed by atoms with Gasteiger partial charge < -0.3 is 15.4 Å². The van der Waals surface area contributed by atoms with E-state index in [1.165, 1.54) is 0 Å². The van der Waals surface area contributed by atoms with E-state index < -0.39 is 0 Å². The molecule has 6 heteroatoms. The van der Waals surface area contributed by atoms with Gasteiger partial charge in [0.2, 0.25) is 5.95 Å². The van der Waals surface area contributed by atoms with Gasteiger partial charge in [-0.3, -0.25) is 0 Å². The number of hydrogen-bond acceptors (Lipinski definition) is 5. The second-order valence-corrected chi connectivity index (χ2v) is 6.30. The zero-order chi connectivity index (χ0) is 17.5. The van der Waals surface area contributed by atoms with Crippen molar-refractivity contribution in [1.82, 2.24) is 9.97 Å². The Morgan fingerprint density at radius 1 is 1.00 bits per heavy atom. The quantitative estimate of drug-likeness (QED) is 0.564. The molecule has 0 amide bonds. The van der Waals surface area contributed by atoms with Gasteiger partial charge in [0.05, 0.1) is 12.3 Å². The highest BCUT2D eigenvalue weighted by atomic mass is 79.9. The van der Waals surface area contributed by atoms with Crippen molar-refractivity contribution in [1.29, 1.82) is 0 Å². The lowest BCUT2D eigenvalue weighted by molar-refractivity contribution is 0.210. The maximum Gasteiger partial charge on any atom is 0.229 e. The summed E-state index contributed by atoms with van der Waals surface area (Å²) in [4.78, 5) is 9.19. The molecule has 3 aromatic rings. The van der Waals surface area contributed by atoms with Gasteiger partial charge in [0.1, 0.15) is 5.82 Å². The molecule has 0 radical (unpaired) electrons. The fourth-order valence-corrected chi connectivity index (χ4v) is 2.56. The molecule has 0 bridgehead atoms. The summed E-state index contributed by atoms with van der Waals surface area (Å²) in [7, 11) is 1.68. The number of rotatable bonds is 7. The average molecular weight is 399 g/mol. The predicted molar refractivity (Wildman–Crippen MR) is 105 cm³/mol. The fourth-order valence-electron chi connectivity index (χ4n) is 2.29. The van der Waals surface area contributed by atoms with E-state index in [0.29, 0.717) is 19.1 Å². The molecule has 1 heterocycles. The molecule has 128 valence electrons. The van der Waals surface area contributed by atoms with Crippen LogP contribution >= 0.6 is 15.9 Å². The third-order valence-corrected chi connectivity index (χ3v) is 4.04. The molecule has 1 aromatic heterocycles. The van der Waals surface area contributed by atoms with Crippen molar-refractivity contribution in [3.8, 4) is 11.3 Å². The van der Waals surface area contributed by atoms with Crippen molar-refractivity contribution >= 4 is 33.4 Å². The Kier molecular flexibility index (Phi) is 5.98. The molecule has 0 aliphatic rings. The van der Waals surface area contributed by atoms with Crippen molar-refractivity contribution in [2.75, 3.05) is 30.9 Å². The Morgan fingerprint density at radius 2 is 1.76 bits per heavy atom. The molecular weight excluding hydrogens is 380 g/mol. The number of aromatic nitrogens is 2. The van der Waals surface area contributed by atoms with Gasteiger partial charge in [-0.05, 0) is 24.3 Å². The van der Waals surface area contributed by atoms with Gasteiger partial charge in [-0.25, -0.2) is 4.98 Å². The van der Waals surface area contributed by atoms with E-state index in [0.717, 1.165) is 27.2 Å². The Balaban J connectivity index is 1.89. The summed E-state index contributed by atoms with van der Waals surface area (Å²) in [6, 6.07) is 19.9. The normalized spacial score (nSPS) is 10.5. The van der Waals surface area contributed by atoms with Crippen LogP contribution in [0.5, 0.6) is 0 Å². The van der Waals surface area contributed by atoms with Crippen LogP contribution in [0.25, 0.3) is 11.3 Å². The monoisotopic (exact) mass is 398 g/mol. The van der Waals surface area contributed by atoms with E-state index >= 15 is 0 Å². The Hall–Kier alpha value is -2.44. The van der Waals surface area contributed by atoms with E-state index in [9.17, 15) is 0 Å². The fraction of sp³-hybridized carbons (Fsp3) is 0.158. The van der Waals surface area contributed by atoms with Crippen molar-refractivity contribution in [3.63, 3.8) is 0 Å². The number of methoxy groups -OCH3 is 1. The predicted octanol–water partition coefficient (Wildman–Crippen LogP) is 4.71. The summed E-state index contributed by atoms with van der Waals surface area (Å²) in [6.07, 6.45) is 0. The summed E-state index contributed by atoms with van der Waals surface area (Å²) < 4.78 is 6.12. The highest BCUT2D eigenvalue weighted by Crippen LogP contribution is 2.23. The maximum atomic E-state index is 5.09. The molecule has 0 fully saturated rings. The number of hydrogen-bond donors (Lipinski definition) is 2. The Morgan fingerprint density at radius 3 is 2.48 bits per heavy atom. The summed E-state index contributed by atoms with van der Waals surface area (Å²) in [5.74, 6) is 1.30. The van der Waals surface area contributed by atoms with Crippen molar-refractivity contribution < 1.29 is 4.74 Å².